The number of halogens is 1. The van der Waals surface area contributed by atoms with E-state index in [0.717, 1.165) is 21.5 Å². The number of nitrogens with zero attached hydrogens (tertiary/aromatic N) is 2. The molecule has 0 spiro atoms. The van der Waals surface area contributed by atoms with Crippen molar-refractivity contribution in [3.8, 4) is 11.6 Å². The molecule has 0 bridgehead atoms. The summed E-state index contributed by atoms with van der Waals surface area (Å²) in [5.74, 6) is 1.88. The SMILES string of the molecule is CNc1nc(C)cc(Oc2ccc(Br)cc2C)n1. The minimum absolute atomic E-state index is 0.539. The minimum Gasteiger partial charge on any atom is -0.439 e. The van der Waals surface area contributed by atoms with Gasteiger partial charge in [-0.25, -0.2) is 4.98 Å². The van der Waals surface area contributed by atoms with Crippen molar-refractivity contribution in [1.29, 1.82) is 0 Å². The highest BCUT2D eigenvalue weighted by Gasteiger charge is 2.05. The monoisotopic (exact) mass is 307 g/mol. The maximum atomic E-state index is 5.78. The first kappa shape index (κ1) is 12.8. The predicted octanol–water partition coefficient (Wildman–Crippen LogP) is 3.69. The van der Waals surface area contributed by atoms with E-state index in [-0.39, 0.29) is 0 Å². The van der Waals surface area contributed by atoms with E-state index in [9.17, 15) is 0 Å². The van der Waals surface area contributed by atoms with E-state index < -0.39 is 0 Å². The second-order valence-electron chi connectivity index (χ2n) is 3.93. The third kappa shape index (κ3) is 2.98. The predicted molar refractivity (Wildman–Crippen MR) is 75.3 cm³/mol. The lowest BCUT2D eigenvalue weighted by molar-refractivity contribution is 0.458. The average molecular weight is 308 g/mol. The molecule has 1 aromatic heterocycles. The van der Waals surface area contributed by atoms with Gasteiger partial charge in [0.2, 0.25) is 11.8 Å². The molecule has 0 atom stereocenters. The van der Waals surface area contributed by atoms with Gasteiger partial charge in [0.05, 0.1) is 0 Å². The van der Waals surface area contributed by atoms with Crippen molar-refractivity contribution in [3.05, 3.63) is 40.0 Å². The summed E-state index contributed by atoms with van der Waals surface area (Å²) in [6, 6.07) is 7.66. The van der Waals surface area contributed by atoms with Crippen LogP contribution in [0.3, 0.4) is 0 Å². The molecule has 0 fully saturated rings. The van der Waals surface area contributed by atoms with Crippen molar-refractivity contribution in [2.75, 3.05) is 12.4 Å². The van der Waals surface area contributed by atoms with E-state index in [0.29, 0.717) is 11.8 Å². The maximum Gasteiger partial charge on any atom is 0.225 e. The number of benzene rings is 1. The van der Waals surface area contributed by atoms with Gasteiger partial charge in [-0.2, -0.15) is 4.98 Å². The Morgan fingerprint density at radius 3 is 2.61 bits per heavy atom. The molecule has 0 radical (unpaired) electrons. The Morgan fingerprint density at radius 1 is 1.17 bits per heavy atom. The summed E-state index contributed by atoms with van der Waals surface area (Å²) in [5.41, 5.74) is 1.91. The van der Waals surface area contributed by atoms with Gasteiger partial charge in [0.25, 0.3) is 0 Å². The van der Waals surface area contributed by atoms with E-state index in [1.165, 1.54) is 0 Å². The summed E-state index contributed by atoms with van der Waals surface area (Å²) in [7, 11) is 1.78. The van der Waals surface area contributed by atoms with Crippen LogP contribution in [0.4, 0.5) is 5.95 Å². The number of hydrogen-bond acceptors (Lipinski definition) is 4. The normalized spacial score (nSPS) is 10.2. The maximum absolute atomic E-state index is 5.78. The standard InChI is InChI=1S/C13H14BrN3O/c1-8-6-10(14)4-5-11(8)18-12-7-9(2)16-13(15-3)17-12/h4-7H,1-3H3,(H,15,16,17). The first-order valence-electron chi connectivity index (χ1n) is 5.56. The van der Waals surface area contributed by atoms with Crippen LogP contribution in [0.25, 0.3) is 0 Å². The number of aromatic nitrogens is 2. The van der Waals surface area contributed by atoms with E-state index in [1.54, 1.807) is 7.05 Å². The van der Waals surface area contributed by atoms with Gasteiger partial charge in [-0.1, -0.05) is 15.9 Å². The van der Waals surface area contributed by atoms with Crippen LogP contribution in [-0.2, 0) is 0 Å². The topological polar surface area (TPSA) is 47.0 Å². The molecule has 0 aliphatic rings. The Hall–Kier alpha value is -1.62. The van der Waals surface area contributed by atoms with Gasteiger partial charge < -0.3 is 10.1 Å². The lowest BCUT2D eigenvalue weighted by Crippen LogP contribution is -2.00. The molecule has 0 amide bonds. The largest absolute Gasteiger partial charge is 0.439 e. The average Bonchev–Trinajstić information content (AvgIpc) is 2.32. The second kappa shape index (κ2) is 5.35. The van der Waals surface area contributed by atoms with Crippen LogP contribution < -0.4 is 10.1 Å². The highest BCUT2D eigenvalue weighted by atomic mass is 79.9. The third-order valence-electron chi connectivity index (χ3n) is 2.41. The van der Waals surface area contributed by atoms with Gasteiger partial charge in [-0.15, -0.1) is 0 Å². The Balaban J connectivity index is 2.30. The van der Waals surface area contributed by atoms with Crippen molar-refractivity contribution >= 4 is 21.9 Å². The fraction of sp³-hybridized carbons (Fsp3) is 0.231. The zero-order valence-electron chi connectivity index (χ0n) is 10.5. The van der Waals surface area contributed by atoms with Crippen LogP contribution in [0.2, 0.25) is 0 Å². The number of ether oxygens (including phenoxy) is 1. The summed E-state index contributed by atoms with van der Waals surface area (Å²) < 4.78 is 6.81. The van der Waals surface area contributed by atoms with Crippen molar-refractivity contribution in [2.24, 2.45) is 0 Å². The molecule has 0 unspecified atom stereocenters. The summed E-state index contributed by atoms with van der Waals surface area (Å²) in [5, 5.41) is 2.91. The highest BCUT2D eigenvalue weighted by molar-refractivity contribution is 9.10. The molecular weight excluding hydrogens is 294 g/mol. The van der Waals surface area contributed by atoms with Crippen molar-refractivity contribution in [3.63, 3.8) is 0 Å². The molecule has 1 N–H and O–H groups in total. The fourth-order valence-electron chi connectivity index (χ4n) is 1.54. The first-order valence-corrected chi connectivity index (χ1v) is 6.35. The van der Waals surface area contributed by atoms with Crippen molar-refractivity contribution < 1.29 is 4.74 Å². The summed E-state index contributed by atoms with van der Waals surface area (Å²) in [6.45, 7) is 3.90. The van der Waals surface area contributed by atoms with Gasteiger partial charge in [0.15, 0.2) is 0 Å². The smallest absolute Gasteiger partial charge is 0.225 e. The van der Waals surface area contributed by atoms with Crippen LogP contribution >= 0.6 is 15.9 Å². The Bertz CT molecular complexity index is 572. The molecule has 0 saturated carbocycles. The molecule has 0 aliphatic carbocycles. The summed E-state index contributed by atoms with van der Waals surface area (Å²) >= 11 is 3.42. The Kier molecular flexibility index (Phi) is 3.81. The fourth-order valence-corrected chi connectivity index (χ4v) is 2.02. The van der Waals surface area contributed by atoms with Crippen molar-refractivity contribution in [2.45, 2.75) is 13.8 Å². The molecule has 5 heteroatoms. The van der Waals surface area contributed by atoms with Gasteiger partial charge in [0, 0.05) is 23.3 Å². The van der Waals surface area contributed by atoms with Crippen LogP contribution in [0, 0.1) is 13.8 Å². The summed E-state index contributed by atoms with van der Waals surface area (Å²) in [4.78, 5) is 8.48. The number of anilines is 1. The molecule has 2 rings (SSSR count). The molecule has 1 aromatic carbocycles. The Morgan fingerprint density at radius 2 is 1.94 bits per heavy atom. The third-order valence-corrected chi connectivity index (χ3v) is 2.90. The van der Waals surface area contributed by atoms with E-state index in [1.807, 2.05) is 38.1 Å². The first-order chi connectivity index (χ1) is 8.58. The molecular formula is C13H14BrN3O. The molecule has 0 aliphatic heterocycles. The van der Waals surface area contributed by atoms with E-state index in [4.69, 9.17) is 4.74 Å². The van der Waals surface area contributed by atoms with Crippen molar-refractivity contribution in [1.82, 2.24) is 9.97 Å². The second-order valence-corrected chi connectivity index (χ2v) is 4.85. The van der Waals surface area contributed by atoms with Gasteiger partial charge >= 0.3 is 0 Å². The molecule has 1 heterocycles. The van der Waals surface area contributed by atoms with Crippen LogP contribution in [-0.4, -0.2) is 17.0 Å². The highest BCUT2D eigenvalue weighted by Crippen LogP contribution is 2.27. The van der Waals surface area contributed by atoms with Crippen LogP contribution in [0.1, 0.15) is 11.3 Å². The zero-order valence-corrected chi connectivity index (χ0v) is 12.1. The number of nitrogens with one attached hydrogen (secondary N) is 1. The quantitative estimate of drug-likeness (QED) is 0.939. The minimum atomic E-state index is 0.539. The number of rotatable bonds is 3. The van der Waals surface area contributed by atoms with Crippen LogP contribution in [0.5, 0.6) is 11.6 Å². The molecule has 2 aromatic rings. The molecule has 94 valence electrons. The zero-order chi connectivity index (χ0) is 13.1. The summed E-state index contributed by atoms with van der Waals surface area (Å²) in [6.07, 6.45) is 0. The molecule has 0 saturated heterocycles. The van der Waals surface area contributed by atoms with Gasteiger partial charge in [0.1, 0.15) is 5.75 Å². The van der Waals surface area contributed by atoms with Gasteiger partial charge in [-0.05, 0) is 37.6 Å². The molecule has 4 nitrogen and oxygen atoms in total. The number of hydrogen-bond donors (Lipinski definition) is 1. The lowest BCUT2D eigenvalue weighted by Gasteiger charge is -2.09. The number of aryl methyl sites for hydroxylation is 2. The Labute approximate surface area is 115 Å². The van der Waals surface area contributed by atoms with E-state index in [2.05, 4.69) is 31.2 Å². The molecule has 18 heavy (non-hydrogen) atoms. The van der Waals surface area contributed by atoms with E-state index >= 15 is 0 Å². The lowest BCUT2D eigenvalue weighted by atomic mass is 10.2. The van der Waals surface area contributed by atoms with Crippen LogP contribution in [0.15, 0.2) is 28.7 Å². The van der Waals surface area contributed by atoms with Gasteiger partial charge in [-0.3, -0.25) is 0 Å².